The van der Waals surface area contributed by atoms with E-state index >= 15 is 0 Å². The van der Waals surface area contributed by atoms with Crippen molar-refractivity contribution >= 4 is 28.8 Å². The molecule has 0 aliphatic heterocycles. The molecule has 0 aliphatic carbocycles. The zero-order valence-corrected chi connectivity index (χ0v) is 10.5. The Hall–Kier alpha value is 1.11. The molecule has 2 nitrogen and oxygen atoms in total. The molecule has 0 spiro atoms. The van der Waals surface area contributed by atoms with Crippen molar-refractivity contribution in [2.75, 3.05) is 5.75 Å². The van der Waals surface area contributed by atoms with E-state index in [1.807, 2.05) is 0 Å². The van der Waals surface area contributed by atoms with Gasteiger partial charge < -0.3 is 12.6 Å². The zero-order valence-electron chi connectivity index (χ0n) is 5.70. The van der Waals surface area contributed by atoms with Gasteiger partial charge in [0.15, 0.2) is 0 Å². The van der Waals surface area contributed by atoms with Crippen molar-refractivity contribution in [3.8, 4) is 6.19 Å². The average Bonchev–Trinajstić information content (AvgIpc) is 1.85. The summed E-state index contributed by atoms with van der Waals surface area (Å²) in [5.41, 5.74) is 0. The van der Waals surface area contributed by atoms with Crippen LogP contribution >= 0.6 is 11.8 Å². The third-order valence-corrected chi connectivity index (χ3v) is 1.65. The van der Waals surface area contributed by atoms with Gasteiger partial charge in [-0.05, 0) is 4.38 Å². The normalized spacial score (nSPS) is 9.30. The van der Waals surface area contributed by atoms with Crippen LogP contribution in [0.4, 0.5) is 0 Å². The van der Waals surface area contributed by atoms with Crippen LogP contribution in [0.3, 0.4) is 0 Å². The minimum Gasteiger partial charge on any atom is -0.752 e. The molecule has 10 heavy (non-hydrogen) atoms. The molecule has 0 N–H and O–H groups in total. The van der Waals surface area contributed by atoms with Crippen LogP contribution in [0.5, 0.6) is 0 Å². The molecular weight excluding hydrogens is 191 g/mol. The fraction of sp³-hybridized carbons (Fsp3) is 0.200. The smallest absolute Gasteiger partial charge is 0.752 e. The molecule has 5 heteroatoms. The summed E-state index contributed by atoms with van der Waals surface area (Å²) in [6.07, 6.45) is 3.32. The Labute approximate surface area is 113 Å². The van der Waals surface area contributed by atoms with Gasteiger partial charge in [0.25, 0.3) is 0 Å². The van der Waals surface area contributed by atoms with Crippen molar-refractivity contribution in [2.24, 2.45) is 4.99 Å². The molecule has 0 saturated carbocycles. The fourth-order valence-corrected chi connectivity index (χ4v) is 0.814. The minimum absolute atomic E-state index is 0. The Morgan fingerprint density at radius 2 is 2.50 bits per heavy atom. The van der Waals surface area contributed by atoms with E-state index in [1.165, 1.54) is 11.8 Å². The molecule has 0 aromatic carbocycles. The summed E-state index contributed by atoms with van der Waals surface area (Å²) in [6, 6.07) is 0. The average molecular weight is 196 g/mol. The first-order chi connectivity index (χ1) is 4.31. The quantitative estimate of drug-likeness (QED) is 0.132. The van der Waals surface area contributed by atoms with Crippen LogP contribution in [0.1, 0.15) is 0 Å². The van der Waals surface area contributed by atoms with Crippen molar-refractivity contribution in [3.63, 3.8) is 0 Å². The van der Waals surface area contributed by atoms with Crippen LogP contribution in [-0.2, 0) is 12.6 Å². The fourth-order valence-electron chi connectivity index (χ4n) is 0.203. The molecule has 0 heterocycles. The van der Waals surface area contributed by atoms with Crippen LogP contribution in [0.15, 0.2) is 17.6 Å². The van der Waals surface area contributed by atoms with E-state index in [4.69, 9.17) is 5.26 Å². The Morgan fingerprint density at radius 3 is 2.90 bits per heavy atom. The number of hydrogen-bond acceptors (Lipinski definition) is 4. The van der Waals surface area contributed by atoms with Gasteiger partial charge in [-0.2, -0.15) is 10.3 Å². The largest absolute Gasteiger partial charge is 1.00 e. The second-order valence-corrected chi connectivity index (χ2v) is 2.73. The first-order valence-corrected chi connectivity index (χ1v) is 3.58. The SMILES string of the molecule is C=CCSC([S-])=NC#N.[K+]. The van der Waals surface area contributed by atoms with Crippen molar-refractivity contribution in [1.29, 1.82) is 5.26 Å². The van der Waals surface area contributed by atoms with Crippen LogP contribution in [0, 0.1) is 11.5 Å². The molecule has 0 aromatic rings. The van der Waals surface area contributed by atoms with Crippen molar-refractivity contribution in [1.82, 2.24) is 0 Å². The van der Waals surface area contributed by atoms with E-state index in [1.54, 1.807) is 12.3 Å². The molecule has 0 atom stereocenters. The number of rotatable bonds is 2. The molecule has 0 aliphatic rings. The number of thioether (sulfide) groups is 1. The molecule has 0 aromatic heterocycles. The summed E-state index contributed by atoms with van der Waals surface area (Å²) in [5, 5.41) is 7.99. The first-order valence-electron chi connectivity index (χ1n) is 2.18. The van der Waals surface area contributed by atoms with Gasteiger partial charge >= 0.3 is 51.4 Å². The molecule has 0 unspecified atom stereocenters. The zero-order chi connectivity index (χ0) is 7.11. The summed E-state index contributed by atoms with van der Waals surface area (Å²) in [6.45, 7) is 3.49. The van der Waals surface area contributed by atoms with Crippen molar-refractivity contribution in [3.05, 3.63) is 12.7 Å². The Balaban J connectivity index is 0. The number of nitriles is 1. The van der Waals surface area contributed by atoms with Gasteiger partial charge in [0.05, 0.1) is 0 Å². The van der Waals surface area contributed by atoms with Crippen LogP contribution in [0.25, 0.3) is 0 Å². The third-order valence-electron chi connectivity index (χ3n) is 0.466. The molecule has 0 saturated heterocycles. The third kappa shape index (κ3) is 9.11. The van der Waals surface area contributed by atoms with Gasteiger partial charge in [-0.15, -0.1) is 18.3 Å². The maximum atomic E-state index is 7.99. The molecule has 0 rings (SSSR count). The molecule has 0 fully saturated rings. The van der Waals surface area contributed by atoms with Gasteiger partial charge in [-0.25, -0.2) is 0 Å². The maximum Gasteiger partial charge on any atom is 1.00 e. The molecule has 0 amide bonds. The first kappa shape index (κ1) is 13.7. The molecule has 0 bridgehead atoms. The van der Waals surface area contributed by atoms with E-state index in [9.17, 15) is 0 Å². The summed E-state index contributed by atoms with van der Waals surface area (Å²) in [7, 11) is 0. The summed E-state index contributed by atoms with van der Waals surface area (Å²) >= 11 is 5.97. The van der Waals surface area contributed by atoms with E-state index in [0.29, 0.717) is 10.1 Å². The number of aliphatic imine (C=N–C) groups is 1. The van der Waals surface area contributed by atoms with E-state index in [-0.39, 0.29) is 51.4 Å². The summed E-state index contributed by atoms with van der Waals surface area (Å²) in [5.74, 6) is 0.712. The van der Waals surface area contributed by atoms with Gasteiger partial charge in [0.1, 0.15) is 0 Å². The van der Waals surface area contributed by atoms with E-state index in [2.05, 4.69) is 24.2 Å². The molecule has 48 valence electrons. The van der Waals surface area contributed by atoms with Crippen LogP contribution in [-0.4, -0.2) is 10.1 Å². The monoisotopic (exact) mass is 196 g/mol. The van der Waals surface area contributed by atoms with Gasteiger partial charge in [-0.1, -0.05) is 6.08 Å². The van der Waals surface area contributed by atoms with Crippen LogP contribution < -0.4 is 51.4 Å². The van der Waals surface area contributed by atoms with Gasteiger partial charge in [0.2, 0.25) is 6.19 Å². The Bertz CT molecular complexity index is 162. The standard InChI is InChI=1S/C5H6N2S2.K/c1-2-3-9-5(8)7-4-6;/h2H,1,3H2,(H,7,8);/q;+1/p-1. The number of hydrogen-bond donors (Lipinski definition) is 0. The van der Waals surface area contributed by atoms with Crippen LogP contribution in [0.2, 0.25) is 0 Å². The minimum atomic E-state index is 0. The predicted octanol–water partition coefficient (Wildman–Crippen LogP) is -1.71. The summed E-state index contributed by atoms with van der Waals surface area (Å²) < 4.78 is 0.373. The second-order valence-electron chi connectivity index (χ2n) is 1.08. The summed E-state index contributed by atoms with van der Waals surface area (Å²) in [4.78, 5) is 3.31. The molecular formula is C5H5KN2S2. The maximum absolute atomic E-state index is 7.99. The Kier molecular flexibility index (Phi) is 13.8. The Morgan fingerprint density at radius 1 is 1.90 bits per heavy atom. The van der Waals surface area contributed by atoms with Crippen molar-refractivity contribution in [2.45, 2.75) is 0 Å². The van der Waals surface area contributed by atoms with Gasteiger partial charge in [0, 0.05) is 5.75 Å². The van der Waals surface area contributed by atoms with E-state index < -0.39 is 0 Å². The topological polar surface area (TPSA) is 36.1 Å². The molecule has 0 radical (unpaired) electrons. The second kappa shape index (κ2) is 10.1. The number of nitrogens with zero attached hydrogens (tertiary/aromatic N) is 2. The predicted molar refractivity (Wildman–Crippen MR) is 43.1 cm³/mol. The van der Waals surface area contributed by atoms with Crippen molar-refractivity contribution < 1.29 is 51.4 Å². The van der Waals surface area contributed by atoms with E-state index in [0.717, 1.165) is 0 Å². The van der Waals surface area contributed by atoms with Gasteiger partial charge in [-0.3, -0.25) is 0 Å².